The molecule has 0 aliphatic carbocycles. The molecular weight excluding hydrogens is 190 g/mol. The van der Waals surface area contributed by atoms with Gasteiger partial charge in [-0.1, -0.05) is 12.1 Å². The molecule has 15 heavy (non-hydrogen) atoms. The van der Waals surface area contributed by atoms with Crippen molar-refractivity contribution in [1.29, 1.82) is 0 Å². The molecule has 0 aliphatic heterocycles. The summed E-state index contributed by atoms with van der Waals surface area (Å²) in [4.78, 5) is 9.46. The molecule has 0 unspecified atom stereocenters. The molecule has 0 bridgehead atoms. The van der Waals surface area contributed by atoms with Crippen molar-refractivity contribution in [1.82, 2.24) is 10.5 Å². The predicted molar refractivity (Wildman–Crippen MR) is 59.4 cm³/mol. The van der Waals surface area contributed by atoms with E-state index in [9.17, 15) is 0 Å². The van der Waals surface area contributed by atoms with Gasteiger partial charge in [-0.05, 0) is 12.1 Å². The van der Waals surface area contributed by atoms with Crippen molar-refractivity contribution >= 4 is 10.8 Å². The Bertz CT molecular complexity index is 439. The topological polar surface area (TPSA) is 60.2 Å². The van der Waals surface area contributed by atoms with Gasteiger partial charge in [-0.25, -0.2) is 0 Å². The van der Waals surface area contributed by atoms with Crippen LogP contribution in [0.4, 0.5) is 0 Å². The van der Waals surface area contributed by atoms with Gasteiger partial charge < -0.3 is 10.6 Å². The SMILES string of the molecule is NCCNOc1cccc2cnccc12. The van der Waals surface area contributed by atoms with E-state index >= 15 is 0 Å². The Labute approximate surface area is 88.0 Å². The molecule has 0 spiro atoms. The highest BCUT2D eigenvalue weighted by Crippen LogP contribution is 2.23. The first-order chi connectivity index (χ1) is 7.42. The average Bonchev–Trinajstić information content (AvgIpc) is 2.30. The van der Waals surface area contributed by atoms with Gasteiger partial charge in [-0.15, -0.1) is 0 Å². The summed E-state index contributed by atoms with van der Waals surface area (Å²) >= 11 is 0. The molecule has 2 rings (SSSR count). The van der Waals surface area contributed by atoms with Crippen LogP contribution in [-0.2, 0) is 0 Å². The molecule has 1 aromatic carbocycles. The molecule has 3 N–H and O–H groups in total. The molecule has 0 fully saturated rings. The van der Waals surface area contributed by atoms with Gasteiger partial charge in [-0.2, -0.15) is 5.48 Å². The van der Waals surface area contributed by atoms with Crippen LogP contribution in [0.2, 0.25) is 0 Å². The van der Waals surface area contributed by atoms with Crippen LogP contribution < -0.4 is 16.1 Å². The molecule has 0 aliphatic rings. The summed E-state index contributed by atoms with van der Waals surface area (Å²) in [7, 11) is 0. The zero-order valence-electron chi connectivity index (χ0n) is 8.31. The number of nitrogens with zero attached hydrogens (tertiary/aromatic N) is 1. The molecule has 4 heteroatoms. The average molecular weight is 203 g/mol. The van der Waals surface area contributed by atoms with Crippen molar-refractivity contribution in [2.45, 2.75) is 0 Å². The second-order valence-electron chi connectivity index (χ2n) is 3.14. The van der Waals surface area contributed by atoms with E-state index < -0.39 is 0 Å². The van der Waals surface area contributed by atoms with E-state index in [1.165, 1.54) is 0 Å². The molecule has 0 saturated heterocycles. The van der Waals surface area contributed by atoms with E-state index in [2.05, 4.69) is 10.5 Å². The number of nitrogens with one attached hydrogen (secondary N) is 1. The van der Waals surface area contributed by atoms with Crippen LogP contribution in [0.1, 0.15) is 0 Å². The van der Waals surface area contributed by atoms with Gasteiger partial charge >= 0.3 is 0 Å². The first-order valence-electron chi connectivity index (χ1n) is 4.84. The third kappa shape index (κ3) is 2.23. The lowest BCUT2D eigenvalue weighted by atomic mass is 10.2. The van der Waals surface area contributed by atoms with Crippen molar-refractivity contribution < 1.29 is 4.84 Å². The number of hydrogen-bond acceptors (Lipinski definition) is 4. The highest BCUT2D eigenvalue weighted by atomic mass is 16.6. The van der Waals surface area contributed by atoms with Crippen molar-refractivity contribution in [2.75, 3.05) is 13.1 Å². The number of hydrogen-bond donors (Lipinski definition) is 2. The quantitative estimate of drug-likeness (QED) is 0.576. The van der Waals surface area contributed by atoms with Crippen molar-refractivity contribution in [3.63, 3.8) is 0 Å². The number of rotatable bonds is 4. The fourth-order valence-electron chi connectivity index (χ4n) is 1.37. The maximum atomic E-state index is 5.40. The minimum atomic E-state index is 0.548. The lowest BCUT2D eigenvalue weighted by Crippen LogP contribution is -2.25. The summed E-state index contributed by atoms with van der Waals surface area (Å²) in [5.74, 6) is 0.795. The monoisotopic (exact) mass is 203 g/mol. The van der Waals surface area contributed by atoms with E-state index in [0.29, 0.717) is 13.1 Å². The Hall–Kier alpha value is -1.65. The fourth-order valence-corrected chi connectivity index (χ4v) is 1.37. The maximum Gasteiger partial charge on any atom is 0.155 e. The molecule has 1 aromatic heterocycles. The van der Waals surface area contributed by atoms with Gasteiger partial charge in [0, 0.05) is 36.3 Å². The second kappa shape index (κ2) is 4.72. The molecule has 0 atom stereocenters. The van der Waals surface area contributed by atoms with Crippen LogP contribution >= 0.6 is 0 Å². The Kier molecular flexibility index (Phi) is 3.11. The molecule has 0 saturated carbocycles. The first-order valence-corrected chi connectivity index (χ1v) is 4.84. The predicted octanol–water partition coefficient (Wildman–Crippen LogP) is 1.08. The molecule has 4 nitrogen and oxygen atoms in total. The van der Waals surface area contributed by atoms with E-state index in [0.717, 1.165) is 16.5 Å². The molecule has 2 aromatic rings. The number of hydroxylamine groups is 1. The van der Waals surface area contributed by atoms with Gasteiger partial charge in [0.2, 0.25) is 0 Å². The lowest BCUT2D eigenvalue weighted by Gasteiger charge is -2.08. The Morgan fingerprint density at radius 1 is 1.33 bits per heavy atom. The Morgan fingerprint density at radius 2 is 2.27 bits per heavy atom. The summed E-state index contributed by atoms with van der Waals surface area (Å²) in [6.07, 6.45) is 3.56. The third-order valence-corrected chi connectivity index (χ3v) is 2.07. The van der Waals surface area contributed by atoms with E-state index in [1.807, 2.05) is 30.5 Å². The number of nitrogens with two attached hydrogens (primary N) is 1. The van der Waals surface area contributed by atoms with Gasteiger partial charge in [-0.3, -0.25) is 4.98 Å². The summed E-state index contributed by atoms with van der Waals surface area (Å²) in [6.45, 7) is 1.17. The second-order valence-corrected chi connectivity index (χ2v) is 3.14. The van der Waals surface area contributed by atoms with Gasteiger partial charge in [0.1, 0.15) is 0 Å². The van der Waals surface area contributed by atoms with E-state index in [4.69, 9.17) is 10.6 Å². The van der Waals surface area contributed by atoms with Crippen LogP contribution in [0, 0.1) is 0 Å². The zero-order valence-corrected chi connectivity index (χ0v) is 8.31. The zero-order chi connectivity index (χ0) is 10.5. The Morgan fingerprint density at radius 3 is 3.13 bits per heavy atom. The number of pyridine rings is 1. The third-order valence-electron chi connectivity index (χ3n) is 2.07. The minimum Gasteiger partial charge on any atom is -0.408 e. The fraction of sp³-hybridized carbons (Fsp3) is 0.182. The van der Waals surface area contributed by atoms with Crippen LogP contribution in [-0.4, -0.2) is 18.1 Å². The van der Waals surface area contributed by atoms with E-state index in [-0.39, 0.29) is 0 Å². The highest BCUT2D eigenvalue weighted by molar-refractivity contribution is 5.87. The molecular formula is C11H13N3O. The van der Waals surface area contributed by atoms with Crippen LogP contribution in [0.25, 0.3) is 10.8 Å². The van der Waals surface area contributed by atoms with Crippen LogP contribution in [0.3, 0.4) is 0 Å². The standard InChI is InChI=1S/C11H13N3O/c12-5-7-14-15-11-3-1-2-9-8-13-6-4-10(9)11/h1-4,6,8,14H,5,7,12H2. The first kappa shape index (κ1) is 9.89. The summed E-state index contributed by atoms with van der Waals surface area (Å²) in [5.41, 5.74) is 8.15. The maximum absolute atomic E-state index is 5.40. The molecule has 0 radical (unpaired) electrons. The molecule has 78 valence electrons. The molecule has 1 heterocycles. The summed E-state index contributed by atoms with van der Waals surface area (Å²) in [6, 6.07) is 7.77. The van der Waals surface area contributed by atoms with Crippen molar-refractivity contribution in [3.05, 3.63) is 36.7 Å². The highest BCUT2D eigenvalue weighted by Gasteiger charge is 2.00. The smallest absolute Gasteiger partial charge is 0.155 e. The van der Waals surface area contributed by atoms with Gasteiger partial charge in [0.25, 0.3) is 0 Å². The minimum absolute atomic E-state index is 0.548. The summed E-state index contributed by atoms with van der Waals surface area (Å²) < 4.78 is 0. The van der Waals surface area contributed by atoms with Crippen molar-refractivity contribution in [2.24, 2.45) is 5.73 Å². The van der Waals surface area contributed by atoms with Gasteiger partial charge in [0.15, 0.2) is 5.75 Å². The van der Waals surface area contributed by atoms with Crippen LogP contribution in [0.5, 0.6) is 5.75 Å². The summed E-state index contributed by atoms with van der Waals surface area (Å²) in [5, 5.41) is 2.10. The number of benzene rings is 1. The van der Waals surface area contributed by atoms with Crippen molar-refractivity contribution in [3.8, 4) is 5.75 Å². The number of aromatic nitrogens is 1. The van der Waals surface area contributed by atoms with Gasteiger partial charge in [0.05, 0.1) is 0 Å². The van der Waals surface area contributed by atoms with E-state index in [1.54, 1.807) is 6.20 Å². The van der Waals surface area contributed by atoms with Crippen LogP contribution in [0.15, 0.2) is 36.7 Å². The Balaban J connectivity index is 2.26. The lowest BCUT2D eigenvalue weighted by molar-refractivity contribution is 0.202. The number of fused-ring (bicyclic) bond motifs is 1. The normalized spacial score (nSPS) is 10.5. The largest absolute Gasteiger partial charge is 0.408 e. The molecule has 0 amide bonds.